The lowest BCUT2D eigenvalue weighted by atomic mass is 9.65. The van der Waals surface area contributed by atoms with Gasteiger partial charge in [-0.2, -0.15) is 0 Å². The van der Waals surface area contributed by atoms with Gasteiger partial charge in [0.25, 0.3) is 0 Å². The molecule has 0 unspecified atom stereocenters. The average molecular weight is 282 g/mol. The van der Waals surface area contributed by atoms with E-state index in [1.165, 1.54) is 7.11 Å². The van der Waals surface area contributed by atoms with Gasteiger partial charge < -0.3 is 20.2 Å². The van der Waals surface area contributed by atoms with Gasteiger partial charge in [0.05, 0.1) is 5.41 Å². The van der Waals surface area contributed by atoms with Crippen molar-refractivity contribution in [1.82, 2.24) is 0 Å². The Labute approximate surface area is 94.7 Å². The number of halogens is 1. The maximum Gasteiger partial charge on any atom is 0.354 e. The van der Waals surface area contributed by atoms with Crippen molar-refractivity contribution < 1.29 is 25.0 Å². The van der Waals surface area contributed by atoms with E-state index in [2.05, 4.69) is 25.9 Å². The van der Waals surface area contributed by atoms with E-state index in [4.69, 9.17) is 5.11 Å². The van der Waals surface area contributed by atoms with E-state index in [0.29, 0.717) is 19.3 Å². The highest BCUT2D eigenvalue weighted by atomic mass is 79.9. The predicted octanol–water partition coefficient (Wildman–Crippen LogP) is 0.277. The third-order valence-electron chi connectivity index (χ3n) is 2.65. The topological polar surface area (TPSA) is 99.4 Å². The van der Waals surface area contributed by atoms with Gasteiger partial charge in [0.1, 0.15) is 7.11 Å². The van der Waals surface area contributed by atoms with Crippen molar-refractivity contribution in [3.05, 3.63) is 0 Å². The van der Waals surface area contributed by atoms with Crippen LogP contribution in [0.4, 0.5) is 0 Å². The fourth-order valence-corrected chi connectivity index (χ4v) is 2.24. The van der Waals surface area contributed by atoms with Gasteiger partial charge >= 0.3 is 5.97 Å². The van der Waals surface area contributed by atoms with Crippen LogP contribution in [0.1, 0.15) is 19.3 Å². The number of aliphatic carboxylic acids is 1. The Hall–Kier alpha value is -0.660. The van der Waals surface area contributed by atoms with Gasteiger partial charge in [-0.1, -0.05) is 11.6 Å². The molecule has 0 atom stereocenters. The molecule has 0 heterocycles. The van der Waals surface area contributed by atoms with Crippen LogP contribution in [0.15, 0.2) is 5.16 Å². The molecule has 0 aromatic carbocycles. The number of hydrogen-bond donors (Lipinski definition) is 3. The third kappa shape index (κ3) is 1.99. The smallest absolute Gasteiger partial charge is 0.354 e. The van der Waals surface area contributed by atoms with Gasteiger partial charge in [-0.25, -0.2) is 4.79 Å². The molecule has 6 nitrogen and oxygen atoms in total. The molecule has 0 aromatic rings. The van der Waals surface area contributed by atoms with E-state index in [1.807, 2.05) is 0 Å². The highest BCUT2D eigenvalue weighted by Gasteiger charge is 2.58. The quantitative estimate of drug-likeness (QED) is 0.297. The molecule has 0 saturated heterocycles. The Balaban J connectivity index is 3.09. The van der Waals surface area contributed by atoms with Gasteiger partial charge in [0.2, 0.25) is 4.70 Å². The monoisotopic (exact) mass is 281 g/mol. The number of nitrogens with zero attached hydrogens (tertiary/aromatic N) is 1. The first-order chi connectivity index (χ1) is 6.85. The van der Waals surface area contributed by atoms with Gasteiger partial charge in [-0.05, 0) is 28.8 Å². The number of alkyl halides is 1. The van der Waals surface area contributed by atoms with Crippen molar-refractivity contribution in [1.29, 1.82) is 0 Å². The zero-order valence-electron chi connectivity index (χ0n) is 8.10. The third-order valence-corrected chi connectivity index (χ3v) is 3.41. The van der Waals surface area contributed by atoms with Crippen molar-refractivity contribution in [3.8, 4) is 0 Å². The molecule has 0 aromatic heterocycles. The van der Waals surface area contributed by atoms with Crippen LogP contribution in [-0.4, -0.2) is 38.8 Å². The largest absolute Gasteiger partial charge is 0.477 e. The molecule has 1 saturated carbocycles. The predicted molar refractivity (Wildman–Crippen MR) is 54.5 cm³/mol. The summed E-state index contributed by atoms with van der Waals surface area (Å²) in [5, 5.41) is 31.3. The lowest BCUT2D eigenvalue weighted by Gasteiger charge is -2.46. The average Bonchev–Trinajstić information content (AvgIpc) is 1.97. The Morgan fingerprint density at radius 1 is 1.53 bits per heavy atom. The molecule has 0 radical (unpaired) electrons. The molecule has 7 heteroatoms. The van der Waals surface area contributed by atoms with Crippen LogP contribution in [0.3, 0.4) is 0 Å². The summed E-state index contributed by atoms with van der Waals surface area (Å²) in [5.74, 6) is -1.32. The molecule has 0 bridgehead atoms. The van der Waals surface area contributed by atoms with Crippen LogP contribution in [0.2, 0.25) is 0 Å². The maximum absolute atomic E-state index is 10.9. The summed E-state index contributed by atoms with van der Waals surface area (Å²) in [4.78, 5) is 15.3. The Morgan fingerprint density at radius 2 is 2.07 bits per heavy atom. The molecule has 1 rings (SSSR count). The molecular weight excluding hydrogens is 270 g/mol. The van der Waals surface area contributed by atoms with Crippen LogP contribution in [0, 0.1) is 5.41 Å². The minimum absolute atomic E-state index is 0.333. The maximum atomic E-state index is 10.9. The Bertz CT molecular complexity index is 292. The van der Waals surface area contributed by atoms with E-state index in [9.17, 15) is 15.0 Å². The minimum atomic E-state index is -2.28. The van der Waals surface area contributed by atoms with Crippen molar-refractivity contribution >= 4 is 27.6 Å². The summed E-state index contributed by atoms with van der Waals surface area (Å²) in [5.41, 5.74) is -1.67. The van der Waals surface area contributed by atoms with Crippen LogP contribution in [0.25, 0.3) is 0 Å². The van der Waals surface area contributed by atoms with Crippen LogP contribution in [0.5, 0.6) is 0 Å². The van der Waals surface area contributed by atoms with Crippen LogP contribution in [-0.2, 0) is 9.63 Å². The lowest BCUT2D eigenvalue weighted by molar-refractivity contribution is -0.165. The van der Waals surface area contributed by atoms with Gasteiger partial charge in [0, 0.05) is 0 Å². The second kappa shape index (κ2) is 4.07. The van der Waals surface area contributed by atoms with E-state index < -0.39 is 16.1 Å². The molecule has 1 fully saturated rings. The molecule has 1 aliphatic carbocycles. The Kier molecular flexibility index (Phi) is 3.37. The summed E-state index contributed by atoms with van der Waals surface area (Å²) in [6, 6.07) is 0. The van der Waals surface area contributed by atoms with Crippen LogP contribution < -0.4 is 0 Å². The van der Waals surface area contributed by atoms with Gasteiger partial charge in [-0.3, -0.25) is 0 Å². The van der Waals surface area contributed by atoms with Crippen molar-refractivity contribution in [3.63, 3.8) is 0 Å². The molecule has 0 amide bonds. The normalized spacial score (nSPS) is 20.7. The molecule has 15 heavy (non-hydrogen) atoms. The van der Waals surface area contributed by atoms with Crippen molar-refractivity contribution in [2.24, 2.45) is 10.6 Å². The first-order valence-electron chi connectivity index (χ1n) is 4.34. The first kappa shape index (κ1) is 12.4. The molecule has 3 N–H and O–H groups in total. The van der Waals surface area contributed by atoms with Crippen molar-refractivity contribution in [2.45, 2.75) is 24.0 Å². The molecule has 0 aliphatic heterocycles. The highest BCUT2D eigenvalue weighted by Crippen LogP contribution is 2.52. The summed E-state index contributed by atoms with van der Waals surface area (Å²) >= 11 is 2.66. The first-order valence-corrected chi connectivity index (χ1v) is 5.13. The number of aliphatic hydroxyl groups is 2. The number of rotatable bonds is 4. The summed E-state index contributed by atoms with van der Waals surface area (Å²) < 4.78 is -2.28. The van der Waals surface area contributed by atoms with E-state index in [0.717, 1.165) is 0 Å². The van der Waals surface area contributed by atoms with Crippen molar-refractivity contribution in [2.75, 3.05) is 7.11 Å². The second-order valence-electron chi connectivity index (χ2n) is 3.45. The molecule has 86 valence electrons. The van der Waals surface area contributed by atoms with Gasteiger partial charge in [0.15, 0.2) is 5.71 Å². The zero-order chi connectivity index (χ0) is 11.7. The highest BCUT2D eigenvalue weighted by molar-refractivity contribution is 9.10. The van der Waals surface area contributed by atoms with E-state index >= 15 is 0 Å². The molecule has 1 aliphatic rings. The number of oxime groups is 1. The molecule has 0 spiro atoms. The Morgan fingerprint density at radius 3 is 2.27 bits per heavy atom. The fraction of sp³-hybridized carbons (Fsp3) is 0.750. The molecular formula is C8H12BrNO5. The standard InChI is InChI=1S/C8H12BrNO5/c1-15-10-5(6(11)12)7(3-2-4-7)8(9,13)14/h13-14H,2-4H2,1H3,(H,11,12). The minimum Gasteiger partial charge on any atom is -0.477 e. The lowest BCUT2D eigenvalue weighted by Crippen LogP contribution is -2.56. The SMILES string of the molecule is CON=C(C(=O)O)C1(C(O)(O)Br)CCC1. The van der Waals surface area contributed by atoms with E-state index in [-0.39, 0.29) is 5.71 Å². The number of carboxylic acids is 1. The zero-order valence-corrected chi connectivity index (χ0v) is 9.69. The van der Waals surface area contributed by atoms with E-state index in [1.54, 1.807) is 0 Å². The fourth-order valence-electron chi connectivity index (χ4n) is 1.66. The number of carboxylic acid groups (broad SMARTS) is 1. The van der Waals surface area contributed by atoms with Crippen LogP contribution >= 0.6 is 15.9 Å². The van der Waals surface area contributed by atoms with Gasteiger partial charge in [-0.15, -0.1) is 0 Å². The number of carbonyl (C=O) groups is 1. The second-order valence-corrected chi connectivity index (χ2v) is 4.56. The summed E-state index contributed by atoms with van der Waals surface area (Å²) in [7, 11) is 1.21. The number of hydrogen-bond acceptors (Lipinski definition) is 5. The summed E-state index contributed by atoms with van der Waals surface area (Å²) in [6.07, 6.45) is 1.38. The summed E-state index contributed by atoms with van der Waals surface area (Å²) in [6.45, 7) is 0.